The zero-order valence-corrected chi connectivity index (χ0v) is 18.0. The van der Waals surface area contributed by atoms with Crippen LogP contribution in [0.3, 0.4) is 0 Å². The largest absolute Gasteiger partial charge is 0.494 e. The molecule has 3 rings (SSSR count). The van der Waals surface area contributed by atoms with Gasteiger partial charge in [-0.3, -0.25) is 4.79 Å². The molecule has 0 heterocycles. The Labute approximate surface area is 180 Å². The third kappa shape index (κ3) is 5.75. The fourth-order valence-corrected chi connectivity index (χ4v) is 3.32. The number of sulfonamides is 1. The van der Waals surface area contributed by atoms with Crippen LogP contribution in [0, 0.1) is 0 Å². The van der Waals surface area contributed by atoms with Gasteiger partial charge in [-0.05, 0) is 67.1 Å². The summed E-state index contributed by atoms with van der Waals surface area (Å²) in [5.41, 5.74) is 1.58. The molecule has 156 valence electrons. The summed E-state index contributed by atoms with van der Waals surface area (Å²) in [6.07, 6.45) is 0.927. The summed E-state index contributed by atoms with van der Waals surface area (Å²) in [6.45, 7) is 2.45. The number of hydrogen-bond acceptors (Lipinski definition) is 5. The average Bonchev–Trinajstić information content (AvgIpc) is 2.69. The fraction of sp³-hybridized carbons (Fsp3) is 0.136. The van der Waals surface area contributed by atoms with Crippen molar-refractivity contribution in [1.82, 2.24) is 4.72 Å². The maximum absolute atomic E-state index is 12.3. The van der Waals surface area contributed by atoms with Crippen LogP contribution >= 0.6 is 11.6 Å². The Morgan fingerprint density at radius 2 is 1.60 bits per heavy atom. The number of nitrogens with one attached hydrogen (secondary N) is 1. The number of ether oxygens (including phenoxy) is 2. The molecule has 0 aliphatic rings. The van der Waals surface area contributed by atoms with Crippen LogP contribution in [-0.4, -0.2) is 27.2 Å². The van der Waals surface area contributed by atoms with Crippen molar-refractivity contribution in [1.29, 1.82) is 0 Å². The van der Waals surface area contributed by atoms with E-state index in [1.807, 2.05) is 35.9 Å². The maximum atomic E-state index is 12.3. The Hall–Kier alpha value is -3.03. The van der Waals surface area contributed by atoms with Crippen LogP contribution in [0.5, 0.6) is 17.2 Å². The molecule has 1 amide bonds. The van der Waals surface area contributed by atoms with E-state index < -0.39 is 15.9 Å². The van der Waals surface area contributed by atoms with Gasteiger partial charge in [0.2, 0.25) is 10.0 Å². The van der Waals surface area contributed by atoms with Gasteiger partial charge < -0.3 is 9.47 Å². The molecule has 0 unspecified atom stereocenters. The summed E-state index contributed by atoms with van der Waals surface area (Å²) in [6, 6.07) is 18.9. The topological polar surface area (TPSA) is 81.7 Å². The van der Waals surface area contributed by atoms with Crippen LogP contribution in [0.25, 0.3) is 11.1 Å². The highest BCUT2D eigenvalue weighted by molar-refractivity contribution is 7.89. The summed E-state index contributed by atoms with van der Waals surface area (Å²) in [7, 11) is -3.68. The van der Waals surface area contributed by atoms with Crippen molar-refractivity contribution in [3.63, 3.8) is 0 Å². The van der Waals surface area contributed by atoms with Crippen molar-refractivity contribution in [3.05, 3.63) is 77.3 Å². The van der Waals surface area contributed by atoms with E-state index in [9.17, 15) is 13.2 Å². The lowest BCUT2D eigenvalue weighted by Crippen LogP contribution is -2.29. The monoisotopic (exact) mass is 445 g/mol. The van der Waals surface area contributed by atoms with Crippen LogP contribution in [0.4, 0.5) is 0 Å². The van der Waals surface area contributed by atoms with Crippen molar-refractivity contribution in [3.8, 4) is 28.4 Å². The molecule has 8 heteroatoms. The van der Waals surface area contributed by atoms with Gasteiger partial charge in [0.1, 0.15) is 17.2 Å². The minimum Gasteiger partial charge on any atom is -0.494 e. The molecule has 0 fully saturated rings. The number of carbonyl (C=O) groups excluding carboxylic acids is 1. The zero-order valence-electron chi connectivity index (χ0n) is 16.4. The lowest BCUT2D eigenvalue weighted by atomic mass is 10.0. The predicted octanol–water partition coefficient (Wildman–Crippen LogP) is 4.89. The number of rotatable bonds is 7. The van der Waals surface area contributed by atoms with Crippen LogP contribution in [0.1, 0.15) is 17.3 Å². The normalized spacial score (nSPS) is 11.0. The van der Waals surface area contributed by atoms with Crippen LogP contribution < -0.4 is 14.2 Å². The van der Waals surface area contributed by atoms with E-state index in [1.54, 1.807) is 36.4 Å². The number of amides is 1. The lowest BCUT2D eigenvalue weighted by Gasteiger charge is -2.14. The van der Waals surface area contributed by atoms with Gasteiger partial charge in [0.15, 0.2) is 0 Å². The molecule has 6 nitrogen and oxygen atoms in total. The first-order valence-electron chi connectivity index (χ1n) is 9.08. The highest BCUT2D eigenvalue weighted by atomic mass is 35.5. The van der Waals surface area contributed by atoms with Crippen molar-refractivity contribution in [2.75, 3.05) is 12.9 Å². The molecule has 0 atom stereocenters. The van der Waals surface area contributed by atoms with Gasteiger partial charge in [-0.25, -0.2) is 13.1 Å². The van der Waals surface area contributed by atoms with Gasteiger partial charge in [-0.1, -0.05) is 23.7 Å². The zero-order chi connectivity index (χ0) is 21.7. The van der Waals surface area contributed by atoms with Gasteiger partial charge >= 0.3 is 0 Å². The van der Waals surface area contributed by atoms with Gasteiger partial charge in [-0.15, -0.1) is 0 Å². The molecular formula is C22H20ClNO5S. The molecule has 0 saturated carbocycles. The first kappa shape index (κ1) is 21.7. The summed E-state index contributed by atoms with van der Waals surface area (Å²) in [4.78, 5) is 12.3. The van der Waals surface area contributed by atoms with E-state index in [-0.39, 0.29) is 5.56 Å². The summed E-state index contributed by atoms with van der Waals surface area (Å²) < 4.78 is 36.3. The van der Waals surface area contributed by atoms with E-state index in [0.29, 0.717) is 34.4 Å². The summed E-state index contributed by atoms with van der Waals surface area (Å²) in [5, 5.41) is 0.585. The number of carbonyl (C=O) groups is 1. The van der Waals surface area contributed by atoms with Crippen molar-refractivity contribution >= 4 is 27.5 Å². The van der Waals surface area contributed by atoms with E-state index in [0.717, 1.165) is 11.8 Å². The first-order valence-corrected chi connectivity index (χ1v) is 11.3. The third-order valence-electron chi connectivity index (χ3n) is 4.04. The van der Waals surface area contributed by atoms with Gasteiger partial charge in [0.05, 0.1) is 12.9 Å². The van der Waals surface area contributed by atoms with E-state index >= 15 is 0 Å². The molecule has 0 radical (unpaired) electrons. The van der Waals surface area contributed by atoms with Crippen LogP contribution in [0.15, 0.2) is 66.7 Å². The van der Waals surface area contributed by atoms with Gasteiger partial charge in [0.25, 0.3) is 5.91 Å². The van der Waals surface area contributed by atoms with Gasteiger partial charge in [-0.2, -0.15) is 0 Å². The van der Waals surface area contributed by atoms with Crippen LogP contribution in [0.2, 0.25) is 5.02 Å². The molecule has 3 aromatic carbocycles. The standard InChI is InChI=1S/C22H20ClNO5S/c1-3-28-18-9-4-15(5-10-18)20-14-16(22(25)24-30(2,26)27)6-13-21(20)29-19-11-7-17(23)8-12-19/h4-14H,3H2,1-2H3,(H,24,25). The Bertz CT molecular complexity index is 1140. The van der Waals surface area contributed by atoms with Crippen LogP contribution in [-0.2, 0) is 10.0 Å². The molecule has 0 aliphatic heterocycles. The average molecular weight is 446 g/mol. The van der Waals surface area contributed by atoms with Crippen molar-refractivity contribution < 1.29 is 22.7 Å². The summed E-state index contributed by atoms with van der Waals surface area (Å²) in [5.74, 6) is 1.06. The minimum absolute atomic E-state index is 0.188. The third-order valence-corrected chi connectivity index (χ3v) is 4.85. The number of hydrogen-bond donors (Lipinski definition) is 1. The molecule has 0 bridgehead atoms. The predicted molar refractivity (Wildman–Crippen MR) is 117 cm³/mol. The second kappa shape index (κ2) is 9.19. The second-order valence-electron chi connectivity index (χ2n) is 6.43. The van der Waals surface area contributed by atoms with Crippen molar-refractivity contribution in [2.24, 2.45) is 0 Å². The Morgan fingerprint density at radius 3 is 2.20 bits per heavy atom. The smallest absolute Gasteiger partial charge is 0.264 e. The minimum atomic E-state index is -3.68. The van der Waals surface area contributed by atoms with E-state index in [1.165, 1.54) is 6.07 Å². The van der Waals surface area contributed by atoms with E-state index in [4.69, 9.17) is 21.1 Å². The molecule has 30 heavy (non-hydrogen) atoms. The Balaban J connectivity index is 2.02. The van der Waals surface area contributed by atoms with Crippen molar-refractivity contribution in [2.45, 2.75) is 6.92 Å². The lowest BCUT2D eigenvalue weighted by molar-refractivity contribution is 0.0981. The molecule has 0 spiro atoms. The molecule has 0 aliphatic carbocycles. The highest BCUT2D eigenvalue weighted by Gasteiger charge is 2.16. The SMILES string of the molecule is CCOc1ccc(-c2cc(C(=O)NS(C)(=O)=O)ccc2Oc2ccc(Cl)cc2)cc1. The molecule has 1 N–H and O–H groups in total. The second-order valence-corrected chi connectivity index (χ2v) is 8.61. The quantitative estimate of drug-likeness (QED) is 0.560. The Kier molecular flexibility index (Phi) is 6.64. The highest BCUT2D eigenvalue weighted by Crippen LogP contribution is 2.35. The number of halogens is 1. The molecule has 0 saturated heterocycles. The van der Waals surface area contributed by atoms with E-state index in [2.05, 4.69) is 0 Å². The summed E-state index contributed by atoms with van der Waals surface area (Å²) >= 11 is 5.93. The first-order chi connectivity index (χ1) is 14.2. The Morgan fingerprint density at radius 1 is 0.967 bits per heavy atom. The molecular weight excluding hydrogens is 426 g/mol. The van der Waals surface area contributed by atoms with Gasteiger partial charge in [0, 0.05) is 16.1 Å². The maximum Gasteiger partial charge on any atom is 0.264 e. The molecule has 3 aromatic rings. The fourth-order valence-electron chi connectivity index (χ4n) is 2.74. The number of benzene rings is 3. The molecule has 0 aromatic heterocycles.